The molecule has 1 heterocycles. The van der Waals surface area contributed by atoms with Gasteiger partial charge in [-0.25, -0.2) is 4.39 Å². The van der Waals surface area contributed by atoms with Gasteiger partial charge in [-0.05, 0) is 19.2 Å². The van der Waals surface area contributed by atoms with Crippen molar-refractivity contribution in [2.24, 2.45) is 5.73 Å². The molecule has 1 aromatic rings. The highest BCUT2D eigenvalue weighted by Crippen LogP contribution is 2.20. The van der Waals surface area contributed by atoms with E-state index in [1.807, 2.05) is 7.05 Å². The number of hydrogen-bond donors (Lipinski definition) is 1. The summed E-state index contributed by atoms with van der Waals surface area (Å²) in [6, 6.07) is 4.50. The fraction of sp³-hybridized carbons (Fsp3) is 0.500. The lowest BCUT2D eigenvalue weighted by Gasteiger charge is -2.32. The van der Waals surface area contributed by atoms with Gasteiger partial charge in [0.25, 0.3) is 5.91 Å². The molecule has 0 saturated carbocycles. The molecule has 0 spiro atoms. The molecule has 0 bridgehead atoms. The Kier molecular flexibility index (Phi) is 4.92. The second-order valence-corrected chi connectivity index (χ2v) is 4.89. The van der Waals surface area contributed by atoms with Crippen LogP contribution >= 0.6 is 0 Å². The molecule has 2 rings (SSSR count). The zero-order chi connectivity index (χ0) is 14.5. The Labute approximate surface area is 118 Å². The molecular weight excluding hydrogens is 261 g/mol. The Morgan fingerprint density at radius 2 is 2.05 bits per heavy atom. The minimum absolute atomic E-state index is 0.0463. The van der Waals surface area contributed by atoms with Gasteiger partial charge in [0, 0.05) is 38.3 Å². The normalized spacial score (nSPS) is 16.2. The molecule has 1 fully saturated rings. The van der Waals surface area contributed by atoms with Crippen molar-refractivity contribution in [3.05, 3.63) is 29.6 Å². The Bertz CT molecular complexity index is 473. The minimum Gasteiger partial charge on any atom is -0.483 e. The van der Waals surface area contributed by atoms with E-state index in [9.17, 15) is 9.18 Å². The van der Waals surface area contributed by atoms with Gasteiger partial charge in [-0.2, -0.15) is 0 Å². The summed E-state index contributed by atoms with van der Waals surface area (Å²) in [7, 11) is 2.03. The van der Waals surface area contributed by atoms with Crippen molar-refractivity contribution >= 4 is 5.91 Å². The van der Waals surface area contributed by atoms with E-state index in [1.165, 1.54) is 6.07 Å². The largest absolute Gasteiger partial charge is 0.483 e. The highest BCUT2D eigenvalue weighted by Gasteiger charge is 2.19. The number of nitrogens with zero attached hydrogens (tertiary/aromatic N) is 2. The molecule has 0 aliphatic carbocycles. The Morgan fingerprint density at radius 1 is 1.35 bits per heavy atom. The van der Waals surface area contributed by atoms with E-state index in [2.05, 4.69) is 4.90 Å². The van der Waals surface area contributed by atoms with Gasteiger partial charge in [-0.3, -0.25) is 4.79 Å². The first-order valence-electron chi connectivity index (χ1n) is 6.68. The maximum absolute atomic E-state index is 13.5. The molecule has 110 valence electrons. The average Bonchev–Trinajstić information content (AvgIpc) is 2.45. The summed E-state index contributed by atoms with van der Waals surface area (Å²) in [6.07, 6.45) is 0. The summed E-state index contributed by atoms with van der Waals surface area (Å²) in [5.74, 6) is -0.141. The van der Waals surface area contributed by atoms with Gasteiger partial charge in [0.05, 0.1) is 0 Å². The van der Waals surface area contributed by atoms with Gasteiger partial charge in [-0.15, -0.1) is 0 Å². The molecule has 0 radical (unpaired) electrons. The van der Waals surface area contributed by atoms with Crippen LogP contribution in [-0.2, 0) is 11.3 Å². The van der Waals surface area contributed by atoms with E-state index in [4.69, 9.17) is 10.5 Å². The fourth-order valence-corrected chi connectivity index (χ4v) is 2.16. The fourth-order valence-electron chi connectivity index (χ4n) is 2.16. The number of rotatable bonds is 4. The van der Waals surface area contributed by atoms with Crippen LogP contribution < -0.4 is 10.5 Å². The molecule has 0 atom stereocenters. The maximum Gasteiger partial charge on any atom is 0.260 e. The van der Waals surface area contributed by atoms with Crippen molar-refractivity contribution in [2.45, 2.75) is 6.54 Å². The Balaban J connectivity index is 1.92. The summed E-state index contributed by atoms with van der Waals surface area (Å²) in [4.78, 5) is 16.0. The molecule has 1 saturated heterocycles. The third-order valence-corrected chi connectivity index (χ3v) is 3.49. The summed E-state index contributed by atoms with van der Waals surface area (Å²) in [5.41, 5.74) is 5.80. The zero-order valence-electron chi connectivity index (χ0n) is 11.6. The number of carbonyl (C=O) groups excluding carboxylic acids is 1. The van der Waals surface area contributed by atoms with E-state index in [0.29, 0.717) is 24.4 Å². The lowest BCUT2D eigenvalue weighted by atomic mass is 10.2. The highest BCUT2D eigenvalue weighted by molar-refractivity contribution is 5.78. The van der Waals surface area contributed by atoms with Crippen molar-refractivity contribution in [2.75, 3.05) is 39.8 Å². The van der Waals surface area contributed by atoms with Gasteiger partial charge in [0.1, 0.15) is 11.6 Å². The predicted octanol–water partition coefficient (Wildman–Crippen LogP) is 0.437. The van der Waals surface area contributed by atoms with Gasteiger partial charge in [0.15, 0.2) is 6.61 Å². The van der Waals surface area contributed by atoms with Crippen LogP contribution in [0.3, 0.4) is 0 Å². The molecule has 20 heavy (non-hydrogen) atoms. The molecular formula is C14H20FN3O2. The van der Waals surface area contributed by atoms with Gasteiger partial charge < -0.3 is 20.3 Å². The summed E-state index contributed by atoms with van der Waals surface area (Å²) in [6.45, 7) is 3.08. The van der Waals surface area contributed by atoms with E-state index in [0.717, 1.165) is 13.1 Å². The monoisotopic (exact) mass is 281 g/mol. The van der Waals surface area contributed by atoms with E-state index >= 15 is 0 Å². The third-order valence-electron chi connectivity index (χ3n) is 3.49. The second-order valence-electron chi connectivity index (χ2n) is 4.89. The number of likely N-dealkylation sites (N-methyl/N-ethyl adjacent to an activating group) is 1. The first-order chi connectivity index (χ1) is 9.61. The Morgan fingerprint density at radius 3 is 2.70 bits per heavy atom. The topological polar surface area (TPSA) is 58.8 Å². The number of benzene rings is 1. The number of carbonyl (C=O) groups is 1. The zero-order valence-corrected chi connectivity index (χ0v) is 11.6. The van der Waals surface area contributed by atoms with Gasteiger partial charge >= 0.3 is 0 Å². The first-order valence-corrected chi connectivity index (χ1v) is 6.68. The maximum atomic E-state index is 13.5. The molecule has 1 amide bonds. The van der Waals surface area contributed by atoms with Crippen LogP contribution in [0.1, 0.15) is 5.56 Å². The van der Waals surface area contributed by atoms with Crippen LogP contribution in [0.4, 0.5) is 4.39 Å². The van der Waals surface area contributed by atoms with Crippen molar-refractivity contribution in [3.63, 3.8) is 0 Å². The van der Waals surface area contributed by atoms with Crippen molar-refractivity contribution in [1.82, 2.24) is 9.80 Å². The number of hydrogen-bond acceptors (Lipinski definition) is 4. The number of ether oxygens (including phenoxy) is 1. The third kappa shape index (κ3) is 3.46. The standard InChI is InChI=1S/C14H20FN3O2/c1-17-5-7-18(8-6-17)14(19)10-20-13-4-2-3-12(15)11(13)9-16/h2-4H,5-10,16H2,1H3. The molecule has 0 unspecified atom stereocenters. The Hall–Kier alpha value is -1.66. The average molecular weight is 281 g/mol. The quantitative estimate of drug-likeness (QED) is 0.870. The first kappa shape index (κ1) is 14.7. The molecule has 5 nitrogen and oxygen atoms in total. The lowest BCUT2D eigenvalue weighted by molar-refractivity contribution is -0.134. The van der Waals surface area contributed by atoms with Gasteiger partial charge in [-0.1, -0.05) is 6.07 Å². The predicted molar refractivity (Wildman–Crippen MR) is 73.9 cm³/mol. The van der Waals surface area contributed by atoms with Crippen LogP contribution in [0.15, 0.2) is 18.2 Å². The number of piperazine rings is 1. The van der Waals surface area contributed by atoms with E-state index in [-0.39, 0.29) is 19.1 Å². The SMILES string of the molecule is CN1CCN(C(=O)COc2cccc(F)c2CN)CC1. The molecule has 1 aromatic carbocycles. The van der Waals surface area contributed by atoms with Crippen LogP contribution in [0.2, 0.25) is 0 Å². The smallest absolute Gasteiger partial charge is 0.260 e. The highest BCUT2D eigenvalue weighted by atomic mass is 19.1. The molecule has 1 aliphatic heterocycles. The summed E-state index contributed by atoms with van der Waals surface area (Å²) in [5, 5.41) is 0. The molecule has 0 aromatic heterocycles. The minimum atomic E-state index is -0.406. The number of amides is 1. The molecule has 2 N–H and O–H groups in total. The van der Waals surface area contributed by atoms with E-state index in [1.54, 1.807) is 17.0 Å². The van der Waals surface area contributed by atoms with Crippen molar-refractivity contribution < 1.29 is 13.9 Å². The van der Waals surface area contributed by atoms with Crippen LogP contribution in [0, 0.1) is 5.82 Å². The van der Waals surface area contributed by atoms with Gasteiger partial charge in [0.2, 0.25) is 0 Å². The van der Waals surface area contributed by atoms with E-state index < -0.39 is 5.82 Å². The summed E-state index contributed by atoms with van der Waals surface area (Å²) < 4.78 is 18.9. The lowest BCUT2D eigenvalue weighted by Crippen LogP contribution is -2.48. The molecule has 1 aliphatic rings. The summed E-state index contributed by atoms with van der Waals surface area (Å²) >= 11 is 0. The van der Waals surface area contributed by atoms with Crippen molar-refractivity contribution in [3.8, 4) is 5.75 Å². The number of halogens is 1. The van der Waals surface area contributed by atoms with Crippen LogP contribution in [0.25, 0.3) is 0 Å². The van der Waals surface area contributed by atoms with Crippen LogP contribution in [-0.4, -0.2) is 55.5 Å². The molecule has 6 heteroatoms. The van der Waals surface area contributed by atoms with Crippen molar-refractivity contribution in [1.29, 1.82) is 0 Å². The number of nitrogens with two attached hydrogens (primary N) is 1. The van der Waals surface area contributed by atoms with Crippen LogP contribution in [0.5, 0.6) is 5.75 Å². The second kappa shape index (κ2) is 6.67.